The maximum atomic E-state index is 15.2. The molecule has 4 rings (SSSR count). The highest BCUT2D eigenvalue weighted by atomic mass is 33.1. The van der Waals surface area contributed by atoms with E-state index < -0.39 is 138 Å². The molecule has 0 aromatic heterocycles. The molecule has 3 aromatic carbocycles. The van der Waals surface area contributed by atoms with Crippen molar-refractivity contribution in [1.82, 2.24) is 56.8 Å². The van der Waals surface area contributed by atoms with Crippen LogP contribution in [-0.4, -0.2) is 224 Å². The van der Waals surface area contributed by atoms with Crippen LogP contribution in [0, 0.1) is 11.8 Å². The number of ether oxygens (including phenoxy) is 1. The molecule has 0 saturated carbocycles. The number of nitrogens with one attached hydrogen (secondary N) is 7. The third-order valence-corrected chi connectivity index (χ3v) is 24.0. The lowest BCUT2D eigenvalue weighted by Gasteiger charge is -2.36. The number of aliphatic hydroxyl groups is 1. The van der Waals surface area contributed by atoms with Gasteiger partial charge in [-0.15, -0.1) is 0 Å². The first-order valence-electron chi connectivity index (χ1n) is 35.7. The van der Waals surface area contributed by atoms with Crippen LogP contribution in [0.4, 0.5) is 0 Å². The lowest BCUT2D eigenvalue weighted by molar-refractivity contribution is -0.158. The van der Waals surface area contributed by atoms with E-state index in [2.05, 4.69) is 58.0 Å². The fraction of sp³-hybridized carbons (Fsp3) is 0.613. The van der Waals surface area contributed by atoms with Gasteiger partial charge in [0.05, 0.1) is 17.8 Å². The summed E-state index contributed by atoms with van der Waals surface area (Å²) in [5, 5.41) is 31.9. The van der Waals surface area contributed by atoms with Gasteiger partial charge in [0, 0.05) is 62.8 Å². The van der Waals surface area contributed by atoms with Crippen molar-refractivity contribution >= 4 is 108 Å². The molecule has 10 amide bonds. The molecule has 0 aliphatic carbocycles. The molecular weight excluding hydrogens is 1410 g/mol. The average molecular weight is 1520 g/mol. The molecule has 29 heteroatoms. The Morgan fingerprint density at radius 2 is 1.01 bits per heavy atom. The van der Waals surface area contributed by atoms with Crippen LogP contribution in [0.15, 0.2) is 91.0 Å². The van der Waals surface area contributed by atoms with Crippen LogP contribution in [0.25, 0.3) is 0 Å². The summed E-state index contributed by atoms with van der Waals surface area (Å²) in [6, 6.07) is 13.0. The molecule has 0 radical (unpaired) electrons. The van der Waals surface area contributed by atoms with Crippen molar-refractivity contribution in [3.8, 4) is 0 Å². The molecule has 1 aliphatic rings. The Balaban J connectivity index is 1.90. The molecule has 0 spiro atoms. The highest BCUT2D eigenvalue weighted by Gasteiger charge is 2.41. The molecular formula is C75H116N12O13S4. The molecule has 1 aliphatic heterocycles. The Bertz CT molecular complexity index is 3300. The Morgan fingerprint density at radius 3 is 1.55 bits per heavy atom. The molecule has 2 unspecified atom stereocenters. The number of benzene rings is 3. The summed E-state index contributed by atoms with van der Waals surface area (Å²) in [5.41, 5.74) is 8.18. The molecule has 25 nitrogen and oxygen atoms in total. The van der Waals surface area contributed by atoms with Gasteiger partial charge in [-0.1, -0.05) is 203 Å². The van der Waals surface area contributed by atoms with E-state index >= 15 is 14.4 Å². The van der Waals surface area contributed by atoms with E-state index in [4.69, 9.17) is 10.5 Å². The number of nitrogens with zero attached hydrogens (tertiary/aromatic N) is 4. The summed E-state index contributed by atoms with van der Waals surface area (Å²) in [6.45, 7) is 25.6. The molecule has 104 heavy (non-hydrogen) atoms. The van der Waals surface area contributed by atoms with Gasteiger partial charge in [-0.3, -0.25) is 58.1 Å². The standard InChI is InChI=1S/C75H116N12O13S4/c1-45(2)38-57-71(97)85(16)50(8)70(96)86(17)59(39-46(3)4)67(93)79-48(6)69(95)87(18)60(42-53-34-26-21-27-35-53)72(98)84(15)49(7)63(89)78-47(5)62(88)83-58(41-52-32-24-20-25-33-52)73(99)100-61(44-102-104-75(12,13)14)68(94)81-56(40-51-30-22-19-23-31-51)66(92)80-55(65(91)82-57)36-28-29-37-77-64(90)54(76)43-101-103-74(9,10)11/h19-27,30-35,45-50,54-62,83,88H,28-29,36-44,76H2,1-18H3,(H,77,90)(H,78,89)(H,79,93)(H,80,92)(H,81,94)(H,82,91)/t47-,48-,49-,50-,54-,55-,56-,57-,58-,59-,60-,61?,62?/m0/s1. The summed E-state index contributed by atoms with van der Waals surface area (Å²) in [4.78, 5) is 167. The third-order valence-electron chi connectivity index (χ3n) is 17.4. The van der Waals surface area contributed by atoms with Crippen LogP contribution in [0.1, 0.15) is 146 Å². The monoisotopic (exact) mass is 1520 g/mol. The summed E-state index contributed by atoms with van der Waals surface area (Å²) >= 11 is 0. The quantitative estimate of drug-likeness (QED) is 0.0326. The zero-order valence-electron chi connectivity index (χ0n) is 63.9. The first kappa shape index (κ1) is 89.5. The van der Waals surface area contributed by atoms with Gasteiger partial charge in [0.2, 0.25) is 53.2 Å². The number of carbonyl (C=O) groups excluding carboxylic acids is 11. The number of amides is 10. The minimum absolute atomic E-state index is 0.00542. The molecule has 13 atom stereocenters. The second-order valence-corrected chi connectivity index (χ2v) is 36.0. The lowest BCUT2D eigenvalue weighted by atomic mass is 9.99. The number of aliphatic hydroxyl groups excluding tert-OH is 1. The minimum Gasteiger partial charge on any atom is -0.450 e. The van der Waals surface area contributed by atoms with Crippen molar-refractivity contribution in [1.29, 1.82) is 0 Å². The van der Waals surface area contributed by atoms with Crippen molar-refractivity contribution in [2.24, 2.45) is 17.6 Å². The second kappa shape index (κ2) is 43.0. The average Bonchev–Trinajstić information content (AvgIpc) is 0.822. The summed E-state index contributed by atoms with van der Waals surface area (Å²) < 4.78 is 5.79. The molecule has 578 valence electrons. The Morgan fingerprint density at radius 1 is 0.529 bits per heavy atom. The summed E-state index contributed by atoms with van der Waals surface area (Å²) in [6.07, 6.45) is -2.70. The van der Waals surface area contributed by atoms with E-state index in [-0.39, 0.29) is 84.5 Å². The van der Waals surface area contributed by atoms with Crippen LogP contribution < -0.4 is 43.0 Å². The highest BCUT2D eigenvalue weighted by molar-refractivity contribution is 8.77. The fourth-order valence-electron chi connectivity index (χ4n) is 11.1. The zero-order valence-corrected chi connectivity index (χ0v) is 67.2. The molecule has 1 heterocycles. The number of cyclic esters (lactones) is 1. The van der Waals surface area contributed by atoms with E-state index in [0.29, 0.717) is 28.9 Å². The van der Waals surface area contributed by atoms with Crippen molar-refractivity contribution in [2.45, 2.75) is 237 Å². The predicted octanol–water partition coefficient (Wildman–Crippen LogP) is 5.79. The van der Waals surface area contributed by atoms with Gasteiger partial charge in [0.1, 0.15) is 60.6 Å². The third kappa shape index (κ3) is 30.2. The van der Waals surface area contributed by atoms with Crippen molar-refractivity contribution in [3.05, 3.63) is 108 Å². The number of unbranched alkanes of at least 4 members (excludes halogenated alkanes) is 1. The van der Waals surface area contributed by atoms with Crippen molar-refractivity contribution in [3.63, 3.8) is 0 Å². The van der Waals surface area contributed by atoms with Gasteiger partial charge in [-0.25, -0.2) is 0 Å². The molecule has 0 bridgehead atoms. The Hall–Kier alpha value is -6.89. The van der Waals surface area contributed by atoms with E-state index in [1.54, 1.807) is 102 Å². The van der Waals surface area contributed by atoms with Crippen LogP contribution >= 0.6 is 43.2 Å². The smallest absolute Gasteiger partial charge is 0.324 e. The highest BCUT2D eigenvalue weighted by Crippen LogP contribution is 2.36. The summed E-state index contributed by atoms with van der Waals surface area (Å²) in [7, 11) is 11.4. The van der Waals surface area contributed by atoms with Gasteiger partial charge in [-0.2, -0.15) is 0 Å². The number of esters is 1. The first-order valence-corrected chi connectivity index (χ1v) is 40.3. The van der Waals surface area contributed by atoms with Crippen molar-refractivity contribution in [2.75, 3.05) is 46.2 Å². The molecule has 1 saturated heterocycles. The molecule has 3 aromatic rings. The van der Waals surface area contributed by atoms with Gasteiger partial charge < -0.3 is 67.1 Å². The van der Waals surface area contributed by atoms with E-state index in [1.165, 1.54) is 108 Å². The van der Waals surface area contributed by atoms with Crippen LogP contribution in [0.5, 0.6) is 0 Å². The van der Waals surface area contributed by atoms with E-state index in [0.717, 1.165) is 0 Å². The van der Waals surface area contributed by atoms with Gasteiger partial charge in [-0.05, 0) is 94.7 Å². The van der Waals surface area contributed by atoms with Crippen molar-refractivity contribution < 1.29 is 62.6 Å². The number of hydrogen-bond acceptors (Lipinski definition) is 19. The zero-order chi connectivity index (χ0) is 77.9. The van der Waals surface area contributed by atoms with E-state index in [9.17, 15) is 43.5 Å². The topological polar surface area (TPSA) is 340 Å². The SMILES string of the molecule is CC(C)C[C@@H]1NC(=O)[C@H](CCCCNC(=O)[C@@H](N)CSSC(C)(C)C)NC(=O)[C@H](Cc2ccccc2)NC(=O)C(CSSC(C)(C)C)OC(=O)[C@H](Cc2ccccc2)NC(O)[C@H](C)NC(=O)[C@H](C)N(C)C(=O)[C@H](Cc2ccccc2)N(C)C(=O)[C@H](C)NC(=O)[C@H](CC(C)C)N(C)C(=O)[C@H](C)N(C)C1=O. The normalized spacial score (nSPS) is 24.9. The fourth-order valence-corrected chi connectivity index (χ4v) is 15.9. The Kier molecular flexibility index (Phi) is 37.0. The van der Waals surface area contributed by atoms with E-state index in [1.807, 2.05) is 48.5 Å². The van der Waals surface area contributed by atoms with Crippen LogP contribution in [0.2, 0.25) is 0 Å². The number of nitrogens with two attached hydrogens (primary N) is 1. The number of rotatable bonds is 22. The maximum absolute atomic E-state index is 15.2. The molecule has 10 N–H and O–H groups in total. The minimum atomic E-state index is -1.66. The molecule has 1 fully saturated rings. The number of carbonyl (C=O) groups is 11. The summed E-state index contributed by atoms with van der Waals surface area (Å²) in [5.74, 6) is -7.97. The first-order chi connectivity index (χ1) is 48.7. The largest absolute Gasteiger partial charge is 0.450 e. The number of hydrogen-bond donors (Lipinski definition) is 9. The second-order valence-electron chi connectivity index (χ2n) is 29.7. The Labute approximate surface area is 632 Å². The maximum Gasteiger partial charge on any atom is 0.324 e. The lowest BCUT2D eigenvalue weighted by Crippen LogP contribution is -2.60. The van der Waals surface area contributed by atoms with Crippen LogP contribution in [-0.2, 0) is 76.7 Å². The van der Waals surface area contributed by atoms with Crippen LogP contribution in [0.3, 0.4) is 0 Å². The predicted molar refractivity (Wildman–Crippen MR) is 415 cm³/mol. The number of likely N-dealkylation sites (N-methyl/N-ethyl adjacent to an activating group) is 4. The van der Waals surface area contributed by atoms with Gasteiger partial charge in [0.25, 0.3) is 5.91 Å². The van der Waals surface area contributed by atoms with Gasteiger partial charge in [0.15, 0.2) is 6.10 Å². The van der Waals surface area contributed by atoms with Gasteiger partial charge >= 0.3 is 5.97 Å².